The quantitative estimate of drug-likeness (QED) is 0.0457. The molecule has 0 aromatic heterocycles. The normalized spacial score (nSPS) is 12.6. The molecule has 0 spiro atoms. The third-order valence-electron chi connectivity index (χ3n) is 12.3. The molecule has 0 heterocycles. The summed E-state index contributed by atoms with van der Waals surface area (Å²) in [5.41, 5.74) is 0. The van der Waals surface area contributed by atoms with E-state index in [4.69, 9.17) is 43.0 Å². The number of carbonyl (C=O) groups excluding carboxylic acids is 3. The van der Waals surface area contributed by atoms with Crippen molar-refractivity contribution in [3.63, 3.8) is 0 Å². The average molecular weight is 946 g/mol. The van der Waals surface area contributed by atoms with Gasteiger partial charge < -0.3 is 47.9 Å². The summed E-state index contributed by atoms with van der Waals surface area (Å²) in [7, 11) is 0. The highest BCUT2D eigenvalue weighted by atomic mass is 16.6. The Morgan fingerprint density at radius 1 is 0.485 bits per heavy atom. The predicted molar refractivity (Wildman–Crippen MR) is 265 cm³/mol. The molecule has 0 aliphatic carbocycles. The Morgan fingerprint density at radius 3 is 1.59 bits per heavy atom. The van der Waals surface area contributed by atoms with E-state index in [1.807, 2.05) is 11.8 Å². The largest absolute Gasteiger partial charge is 0.466 e. The Bertz CT molecular complexity index is 1050. The van der Waals surface area contributed by atoms with Crippen LogP contribution in [0.5, 0.6) is 0 Å². The number of aliphatic hydroxyl groups excluding tert-OH is 1. The van der Waals surface area contributed by atoms with Gasteiger partial charge in [-0.2, -0.15) is 0 Å². The molecular weight excluding hydrogens is 843 g/mol. The molecule has 1 amide bonds. The van der Waals surface area contributed by atoms with Gasteiger partial charge in [0.1, 0.15) is 6.10 Å². The molecule has 0 radical (unpaired) electrons. The van der Waals surface area contributed by atoms with Crippen molar-refractivity contribution < 1.29 is 57.4 Å². The van der Waals surface area contributed by atoms with Crippen LogP contribution in [0.2, 0.25) is 0 Å². The second-order valence-corrected chi connectivity index (χ2v) is 18.0. The van der Waals surface area contributed by atoms with Crippen LogP contribution in [0.15, 0.2) is 0 Å². The van der Waals surface area contributed by atoms with Crippen molar-refractivity contribution in [1.29, 1.82) is 0 Å². The SMILES string of the molecule is CCCCCCCCN(CCOCCOCCOCCOCCO)C(=O)C(COCCCCCC(=O)OCCC(CCCCC)CCCCC)OCCCCCC(=O)OC(C)C(CC)CC. The first-order chi connectivity index (χ1) is 32.3. The second-order valence-electron chi connectivity index (χ2n) is 18.0. The molecule has 1 N–H and O–H groups in total. The molecule has 2 atom stereocenters. The van der Waals surface area contributed by atoms with Gasteiger partial charge in [-0.1, -0.05) is 131 Å². The van der Waals surface area contributed by atoms with Crippen molar-refractivity contribution in [2.75, 3.05) is 99.0 Å². The Balaban J connectivity index is 5.15. The van der Waals surface area contributed by atoms with Crippen LogP contribution >= 0.6 is 0 Å². The van der Waals surface area contributed by atoms with E-state index < -0.39 is 6.10 Å². The summed E-state index contributed by atoms with van der Waals surface area (Å²) in [6.07, 6.45) is 24.1. The van der Waals surface area contributed by atoms with Crippen molar-refractivity contribution in [3.05, 3.63) is 0 Å². The van der Waals surface area contributed by atoms with Gasteiger partial charge in [0, 0.05) is 39.1 Å². The van der Waals surface area contributed by atoms with Crippen LogP contribution in [0.1, 0.15) is 202 Å². The average Bonchev–Trinajstić information content (AvgIpc) is 3.31. The van der Waals surface area contributed by atoms with Crippen molar-refractivity contribution in [2.24, 2.45) is 11.8 Å². The highest BCUT2D eigenvalue weighted by Gasteiger charge is 2.26. The minimum atomic E-state index is -0.754. The number of amides is 1. The van der Waals surface area contributed by atoms with E-state index in [-0.39, 0.29) is 37.2 Å². The summed E-state index contributed by atoms with van der Waals surface area (Å²) < 4.78 is 45.9. The van der Waals surface area contributed by atoms with E-state index in [0.29, 0.717) is 117 Å². The van der Waals surface area contributed by atoms with Crippen LogP contribution in [0.3, 0.4) is 0 Å². The lowest BCUT2D eigenvalue weighted by Crippen LogP contribution is -2.45. The van der Waals surface area contributed by atoms with Crippen LogP contribution in [-0.4, -0.2) is 139 Å². The van der Waals surface area contributed by atoms with Gasteiger partial charge in [-0.05, 0) is 70.1 Å². The van der Waals surface area contributed by atoms with Gasteiger partial charge >= 0.3 is 11.9 Å². The zero-order valence-electron chi connectivity index (χ0n) is 43.5. The Labute approximate surface area is 404 Å². The third-order valence-corrected chi connectivity index (χ3v) is 12.3. The molecule has 0 aromatic carbocycles. The first-order valence-corrected chi connectivity index (χ1v) is 27.0. The second kappa shape index (κ2) is 49.5. The number of unbranched alkanes of at least 4 members (excludes halogenated alkanes) is 13. The zero-order valence-corrected chi connectivity index (χ0v) is 43.5. The van der Waals surface area contributed by atoms with Gasteiger partial charge in [0.05, 0.1) is 72.7 Å². The minimum absolute atomic E-state index is 0.00106. The molecule has 0 aliphatic rings. The monoisotopic (exact) mass is 946 g/mol. The number of hydrogen-bond donors (Lipinski definition) is 1. The number of esters is 2. The molecular formula is C53H103NO12. The van der Waals surface area contributed by atoms with Gasteiger partial charge in [0.2, 0.25) is 0 Å². The lowest BCUT2D eigenvalue weighted by Gasteiger charge is -2.28. The number of ether oxygens (including phenoxy) is 8. The van der Waals surface area contributed by atoms with E-state index in [9.17, 15) is 14.4 Å². The Morgan fingerprint density at radius 2 is 1.00 bits per heavy atom. The summed E-state index contributed by atoms with van der Waals surface area (Å²) in [6, 6.07) is 0. The molecule has 2 unspecified atom stereocenters. The maximum atomic E-state index is 14.2. The third kappa shape index (κ3) is 40.1. The fraction of sp³-hybridized carbons (Fsp3) is 0.943. The van der Waals surface area contributed by atoms with Crippen LogP contribution in [0.4, 0.5) is 0 Å². The molecule has 0 fully saturated rings. The number of rotatable bonds is 52. The van der Waals surface area contributed by atoms with Gasteiger partial charge in [0.25, 0.3) is 5.91 Å². The van der Waals surface area contributed by atoms with Gasteiger partial charge in [-0.3, -0.25) is 14.4 Å². The number of carbonyl (C=O) groups is 3. The molecule has 13 nitrogen and oxygen atoms in total. The van der Waals surface area contributed by atoms with E-state index in [1.54, 1.807) is 0 Å². The summed E-state index contributed by atoms with van der Waals surface area (Å²) in [5, 5.41) is 8.77. The molecule has 0 aromatic rings. The fourth-order valence-electron chi connectivity index (χ4n) is 7.95. The summed E-state index contributed by atoms with van der Waals surface area (Å²) in [6.45, 7) is 18.8. The van der Waals surface area contributed by atoms with E-state index in [1.165, 1.54) is 70.6 Å². The standard InChI is InChI=1S/C53H103NO12/c1-7-12-15-16-17-24-32-54(33-38-59-40-42-61-44-45-62-43-41-60-39-34-55)53(58)50(64-36-26-19-23-30-52(57)66-47(6)49(10-4)11-5)46-63-35-25-18-22-29-51(56)65-37-31-48(27-20-13-8-2)28-21-14-9-3/h47-50,55H,7-46H2,1-6H3. The van der Waals surface area contributed by atoms with E-state index in [2.05, 4.69) is 34.6 Å². The fourth-order valence-corrected chi connectivity index (χ4v) is 7.95. The molecule has 0 saturated carbocycles. The van der Waals surface area contributed by atoms with Crippen LogP contribution in [0.25, 0.3) is 0 Å². The Kier molecular flexibility index (Phi) is 48.1. The maximum absolute atomic E-state index is 14.2. The first-order valence-electron chi connectivity index (χ1n) is 27.0. The van der Waals surface area contributed by atoms with Crippen LogP contribution in [-0.2, 0) is 52.3 Å². The summed E-state index contributed by atoms with van der Waals surface area (Å²) in [5.74, 6) is 0.656. The Hall–Kier alpha value is -1.87. The van der Waals surface area contributed by atoms with E-state index >= 15 is 0 Å². The van der Waals surface area contributed by atoms with Gasteiger partial charge in [-0.25, -0.2) is 0 Å². The highest BCUT2D eigenvalue weighted by molar-refractivity contribution is 5.81. The molecule has 0 bridgehead atoms. The van der Waals surface area contributed by atoms with Crippen molar-refractivity contribution in [1.82, 2.24) is 4.90 Å². The lowest BCUT2D eigenvalue weighted by atomic mass is 9.92. The number of aliphatic hydroxyl groups is 1. The topological polar surface area (TPSA) is 149 Å². The molecule has 0 rings (SSSR count). The molecule has 392 valence electrons. The van der Waals surface area contributed by atoms with E-state index in [0.717, 1.165) is 70.6 Å². The first kappa shape index (κ1) is 64.1. The van der Waals surface area contributed by atoms with Crippen LogP contribution in [0, 0.1) is 11.8 Å². The molecule has 0 aliphatic heterocycles. The zero-order chi connectivity index (χ0) is 48.6. The number of hydrogen-bond acceptors (Lipinski definition) is 12. The van der Waals surface area contributed by atoms with Crippen molar-refractivity contribution >= 4 is 17.8 Å². The highest BCUT2D eigenvalue weighted by Crippen LogP contribution is 2.22. The number of nitrogens with zero attached hydrogens (tertiary/aromatic N) is 1. The lowest BCUT2D eigenvalue weighted by molar-refractivity contribution is -0.151. The molecule has 66 heavy (non-hydrogen) atoms. The molecule has 13 heteroatoms. The van der Waals surface area contributed by atoms with Crippen LogP contribution < -0.4 is 0 Å². The predicted octanol–water partition coefficient (Wildman–Crippen LogP) is 10.8. The van der Waals surface area contributed by atoms with Gasteiger partial charge in [0.15, 0.2) is 6.10 Å². The van der Waals surface area contributed by atoms with Gasteiger partial charge in [-0.15, -0.1) is 0 Å². The summed E-state index contributed by atoms with van der Waals surface area (Å²) in [4.78, 5) is 41.1. The smallest absolute Gasteiger partial charge is 0.306 e. The minimum Gasteiger partial charge on any atom is -0.466 e. The van der Waals surface area contributed by atoms with Crippen molar-refractivity contribution in [3.8, 4) is 0 Å². The molecule has 0 saturated heterocycles. The maximum Gasteiger partial charge on any atom is 0.306 e. The summed E-state index contributed by atoms with van der Waals surface area (Å²) >= 11 is 0. The van der Waals surface area contributed by atoms with Crippen molar-refractivity contribution in [2.45, 2.75) is 214 Å².